The van der Waals surface area contributed by atoms with Crippen LogP contribution in [-0.2, 0) is 0 Å². The molecule has 1 aliphatic rings. The lowest BCUT2D eigenvalue weighted by atomic mass is 9.96. The quantitative estimate of drug-likeness (QED) is 0.729. The molecule has 0 amide bonds. The Hall–Kier alpha value is -1.56. The summed E-state index contributed by atoms with van der Waals surface area (Å²) in [5.74, 6) is 1.14. The molecule has 2 N–H and O–H groups in total. The van der Waals surface area contributed by atoms with Gasteiger partial charge in [-0.2, -0.15) is 5.10 Å². The molecule has 3 rings (SSSR count). The maximum atomic E-state index is 4.42. The molecule has 0 spiro atoms. The second-order valence-electron chi connectivity index (χ2n) is 4.21. The van der Waals surface area contributed by atoms with E-state index in [9.17, 15) is 0 Å². The normalized spacial score (nSPS) is 21.4. The van der Waals surface area contributed by atoms with Gasteiger partial charge in [0.05, 0.1) is 5.69 Å². The van der Waals surface area contributed by atoms with Gasteiger partial charge in [-0.25, -0.2) is 4.98 Å². The van der Waals surface area contributed by atoms with Gasteiger partial charge in [0.1, 0.15) is 11.3 Å². The largest absolute Gasteiger partial charge is 0.316 e. The third-order valence-corrected chi connectivity index (χ3v) is 3.00. The van der Waals surface area contributed by atoms with E-state index in [4.69, 9.17) is 0 Å². The van der Waals surface area contributed by atoms with Gasteiger partial charge in [0.2, 0.25) is 0 Å². The molecule has 0 aliphatic carbocycles. The van der Waals surface area contributed by atoms with E-state index in [1.165, 1.54) is 6.42 Å². The lowest BCUT2D eigenvalue weighted by Crippen LogP contribution is -2.28. The van der Waals surface area contributed by atoms with Crippen LogP contribution >= 0.6 is 0 Å². The number of H-pyrrole nitrogens is 1. The number of aromatic amines is 1. The predicted octanol–water partition coefficient (Wildman–Crippen LogP) is 0.523. The van der Waals surface area contributed by atoms with E-state index in [2.05, 4.69) is 30.7 Å². The fourth-order valence-corrected chi connectivity index (χ4v) is 2.20. The first kappa shape index (κ1) is 9.65. The van der Waals surface area contributed by atoms with Gasteiger partial charge in [-0.15, -0.1) is 10.2 Å². The van der Waals surface area contributed by atoms with Crippen LogP contribution < -0.4 is 5.32 Å². The van der Waals surface area contributed by atoms with Crippen molar-refractivity contribution in [3.63, 3.8) is 0 Å². The molecule has 84 valence electrons. The van der Waals surface area contributed by atoms with E-state index >= 15 is 0 Å². The van der Waals surface area contributed by atoms with Crippen molar-refractivity contribution in [2.45, 2.75) is 25.7 Å². The maximum Gasteiger partial charge on any atom is 0.196 e. The fraction of sp³-hybridized carbons (Fsp3) is 0.600. The topological polar surface area (TPSA) is 79.4 Å². The second kappa shape index (κ2) is 3.79. The van der Waals surface area contributed by atoms with Crippen LogP contribution in [0, 0.1) is 6.92 Å². The molecule has 2 aromatic heterocycles. The molecule has 0 radical (unpaired) electrons. The molecule has 0 saturated carbocycles. The van der Waals surface area contributed by atoms with Gasteiger partial charge >= 0.3 is 0 Å². The minimum Gasteiger partial charge on any atom is -0.316 e. The van der Waals surface area contributed by atoms with Gasteiger partial charge in [-0.05, 0) is 26.3 Å². The average molecular weight is 218 g/mol. The summed E-state index contributed by atoms with van der Waals surface area (Å²) in [5.41, 5.74) is 2.59. The molecule has 1 fully saturated rings. The molecule has 1 unspecified atom stereocenters. The summed E-state index contributed by atoms with van der Waals surface area (Å²) >= 11 is 0. The van der Waals surface area contributed by atoms with Gasteiger partial charge in [-0.1, -0.05) is 0 Å². The first-order chi connectivity index (χ1) is 7.84. The number of fused-ring (bicyclic) bond motifs is 1. The molecule has 0 bridgehead atoms. The molecule has 6 heteroatoms. The molecule has 3 heterocycles. The number of piperidine rings is 1. The van der Waals surface area contributed by atoms with Crippen molar-refractivity contribution >= 4 is 11.2 Å². The highest BCUT2D eigenvalue weighted by molar-refractivity contribution is 5.72. The maximum absolute atomic E-state index is 4.42. The van der Waals surface area contributed by atoms with Gasteiger partial charge < -0.3 is 5.32 Å². The van der Waals surface area contributed by atoms with Crippen LogP contribution in [0.25, 0.3) is 11.2 Å². The third kappa shape index (κ3) is 1.55. The molecular weight excluding hydrogens is 204 g/mol. The minimum absolute atomic E-state index is 0.443. The van der Waals surface area contributed by atoms with Crippen LogP contribution in [0.1, 0.15) is 30.3 Å². The predicted molar refractivity (Wildman–Crippen MR) is 59.1 cm³/mol. The highest BCUT2D eigenvalue weighted by Crippen LogP contribution is 2.25. The molecule has 6 nitrogen and oxygen atoms in total. The summed E-state index contributed by atoms with van der Waals surface area (Å²) in [4.78, 5) is 4.42. The van der Waals surface area contributed by atoms with E-state index < -0.39 is 0 Å². The van der Waals surface area contributed by atoms with E-state index in [0.717, 1.165) is 30.7 Å². The Labute approximate surface area is 92.9 Å². The molecule has 16 heavy (non-hydrogen) atoms. The van der Waals surface area contributed by atoms with Crippen LogP contribution in [0.5, 0.6) is 0 Å². The summed E-state index contributed by atoms with van der Waals surface area (Å²) in [6.45, 7) is 3.93. The van der Waals surface area contributed by atoms with Crippen molar-refractivity contribution in [3.8, 4) is 0 Å². The van der Waals surface area contributed by atoms with Crippen LogP contribution in [0.2, 0.25) is 0 Å². The molecule has 1 aliphatic heterocycles. The molecule has 1 atom stereocenters. The SMILES string of the molecule is Cc1nnc2[nH]nc(C3CCCNC3)c2n1. The standard InChI is InChI=1S/C10H14N6/c1-6-12-9-8(7-3-2-4-11-5-7)14-16-10(9)15-13-6/h7,11H,2-5H2,1H3,(H,14,15,16). The summed E-state index contributed by atoms with van der Waals surface area (Å²) in [5, 5.41) is 18.6. The van der Waals surface area contributed by atoms with Crippen molar-refractivity contribution in [3.05, 3.63) is 11.5 Å². The summed E-state index contributed by atoms with van der Waals surface area (Å²) in [7, 11) is 0. The van der Waals surface area contributed by atoms with Gasteiger partial charge in [-0.3, -0.25) is 5.10 Å². The smallest absolute Gasteiger partial charge is 0.196 e. The Bertz CT molecular complexity index is 499. The van der Waals surface area contributed by atoms with E-state index in [1.807, 2.05) is 6.92 Å². The number of aromatic nitrogens is 5. The molecular formula is C10H14N6. The first-order valence-corrected chi connectivity index (χ1v) is 5.60. The summed E-state index contributed by atoms with van der Waals surface area (Å²) in [6.07, 6.45) is 2.35. The highest BCUT2D eigenvalue weighted by Gasteiger charge is 2.21. The van der Waals surface area contributed by atoms with E-state index in [-0.39, 0.29) is 0 Å². The summed E-state index contributed by atoms with van der Waals surface area (Å²) < 4.78 is 0. The number of aryl methyl sites for hydroxylation is 1. The number of nitrogens with zero attached hydrogens (tertiary/aromatic N) is 4. The summed E-state index contributed by atoms with van der Waals surface area (Å²) in [6, 6.07) is 0. The van der Waals surface area contributed by atoms with Crippen molar-refractivity contribution in [1.82, 2.24) is 30.7 Å². The zero-order chi connectivity index (χ0) is 11.0. The van der Waals surface area contributed by atoms with Crippen LogP contribution in [-0.4, -0.2) is 38.5 Å². The lowest BCUT2D eigenvalue weighted by Gasteiger charge is -2.20. The average Bonchev–Trinajstić information content (AvgIpc) is 2.73. The highest BCUT2D eigenvalue weighted by atomic mass is 15.3. The van der Waals surface area contributed by atoms with Crippen molar-refractivity contribution in [2.75, 3.05) is 13.1 Å². The zero-order valence-electron chi connectivity index (χ0n) is 9.19. The first-order valence-electron chi connectivity index (χ1n) is 5.60. The van der Waals surface area contributed by atoms with Crippen molar-refractivity contribution in [1.29, 1.82) is 0 Å². The van der Waals surface area contributed by atoms with Crippen LogP contribution in [0.3, 0.4) is 0 Å². The van der Waals surface area contributed by atoms with E-state index in [1.54, 1.807) is 0 Å². The van der Waals surface area contributed by atoms with E-state index in [0.29, 0.717) is 17.4 Å². The van der Waals surface area contributed by atoms with Crippen LogP contribution in [0.4, 0.5) is 0 Å². The Morgan fingerprint density at radius 3 is 3.06 bits per heavy atom. The Balaban J connectivity index is 2.05. The van der Waals surface area contributed by atoms with Crippen LogP contribution in [0.15, 0.2) is 0 Å². The Kier molecular flexibility index (Phi) is 2.28. The van der Waals surface area contributed by atoms with Gasteiger partial charge in [0.25, 0.3) is 0 Å². The Morgan fingerprint density at radius 2 is 2.25 bits per heavy atom. The number of nitrogens with one attached hydrogen (secondary N) is 2. The number of hydrogen-bond donors (Lipinski definition) is 2. The molecule has 0 aromatic carbocycles. The Morgan fingerprint density at radius 1 is 1.31 bits per heavy atom. The molecule has 2 aromatic rings. The minimum atomic E-state index is 0.443. The molecule has 1 saturated heterocycles. The van der Waals surface area contributed by atoms with Gasteiger partial charge in [0.15, 0.2) is 5.65 Å². The van der Waals surface area contributed by atoms with Gasteiger partial charge in [0, 0.05) is 12.5 Å². The lowest BCUT2D eigenvalue weighted by molar-refractivity contribution is 0.455. The van der Waals surface area contributed by atoms with Crippen molar-refractivity contribution in [2.24, 2.45) is 0 Å². The zero-order valence-corrected chi connectivity index (χ0v) is 9.19. The number of rotatable bonds is 1. The third-order valence-electron chi connectivity index (χ3n) is 3.00. The fourth-order valence-electron chi connectivity index (χ4n) is 2.20. The number of hydrogen-bond acceptors (Lipinski definition) is 5. The monoisotopic (exact) mass is 218 g/mol. The van der Waals surface area contributed by atoms with Crippen molar-refractivity contribution < 1.29 is 0 Å². The second-order valence-corrected chi connectivity index (χ2v) is 4.21.